The van der Waals surface area contributed by atoms with Crippen molar-refractivity contribution in [3.05, 3.63) is 65.2 Å². The smallest absolute Gasteiger partial charge is 0.295 e. The first kappa shape index (κ1) is 23.8. The molecule has 2 aliphatic rings. The summed E-state index contributed by atoms with van der Waals surface area (Å²) in [6.45, 7) is 3.91. The number of hydrogen-bond donors (Lipinski definition) is 1. The summed E-state index contributed by atoms with van der Waals surface area (Å²) in [5.74, 6) is -0.808. The van der Waals surface area contributed by atoms with Gasteiger partial charge in [-0.05, 0) is 42.0 Å². The number of nitrogens with zero attached hydrogens (tertiary/aromatic N) is 3. The number of aliphatic hydroxyl groups is 1. The molecule has 0 radical (unpaired) electrons. The highest BCUT2D eigenvalue weighted by atomic mass is 16.5. The summed E-state index contributed by atoms with van der Waals surface area (Å²) < 4.78 is 10.6. The van der Waals surface area contributed by atoms with Crippen LogP contribution in [0.4, 0.5) is 5.69 Å². The van der Waals surface area contributed by atoms with Crippen LogP contribution in [-0.4, -0.2) is 87.2 Å². The standard InChI is InChI=1S/C26H31N3O5/c1-27(2)20-8-4-18(5-9-20)23-22(24(30)19-6-10-21(33-3)11-7-19)25(31)26(32)29(23)13-12-28-14-16-34-17-15-28/h4-11,23,30H,12-17H2,1-3H3/b24-22+/t23-/m1/s1. The molecule has 8 nitrogen and oxygen atoms in total. The van der Waals surface area contributed by atoms with E-state index in [9.17, 15) is 14.7 Å². The first-order chi connectivity index (χ1) is 16.4. The molecule has 0 aromatic heterocycles. The van der Waals surface area contributed by atoms with Crippen LogP contribution in [0.2, 0.25) is 0 Å². The Labute approximate surface area is 200 Å². The van der Waals surface area contributed by atoms with Gasteiger partial charge in [-0.3, -0.25) is 14.5 Å². The fraction of sp³-hybridized carbons (Fsp3) is 0.385. The summed E-state index contributed by atoms with van der Waals surface area (Å²) in [4.78, 5) is 32.1. The van der Waals surface area contributed by atoms with Crippen molar-refractivity contribution in [3.63, 3.8) is 0 Å². The van der Waals surface area contributed by atoms with Crippen molar-refractivity contribution >= 4 is 23.1 Å². The first-order valence-corrected chi connectivity index (χ1v) is 11.4. The molecule has 4 rings (SSSR count). The molecule has 2 aliphatic heterocycles. The summed E-state index contributed by atoms with van der Waals surface area (Å²) >= 11 is 0. The van der Waals surface area contributed by atoms with Gasteiger partial charge in [0.25, 0.3) is 11.7 Å². The number of amides is 1. The molecule has 8 heteroatoms. The van der Waals surface area contributed by atoms with Gasteiger partial charge in [0, 0.05) is 51.5 Å². The summed E-state index contributed by atoms with van der Waals surface area (Å²) in [5, 5.41) is 11.2. The molecule has 0 spiro atoms. The lowest BCUT2D eigenvalue weighted by molar-refractivity contribution is -0.140. The second-order valence-corrected chi connectivity index (χ2v) is 8.66. The van der Waals surface area contributed by atoms with Crippen molar-refractivity contribution in [1.82, 2.24) is 9.80 Å². The number of ketones is 1. The molecule has 2 aromatic rings. The number of anilines is 1. The molecule has 1 N–H and O–H groups in total. The van der Waals surface area contributed by atoms with Gasteiger partial charge in [0.05, 0.1) is 31.9 Å². The van der Waals surface area contributed by atoms with Gasteiger partial charge < -0.3 is 24.4 Å². The predicted octanol–water partition coefficient (Wildman–Crippen LogP) is 2.52. The number of carbonyl (C=O) groups is 2. The Balaban J connectivity index is 1.72. The molecule has 0 aliphatic carbocycles. The second-order valence-electron chi connectivity index (χ2n) is 8.66. The van der Waals surface area contributed by atoms with Crippen molar-refractivity contribution in [2.24, 2.45) is 0 Å². The van der Waals surface area contributed by atoms with Crippen molar-refractivity contribution < 1.29 is 24.2 Å². The van der Waals surface area contributed by atoms with E-state index in [0.717, 1.165) is 24.3 Å². The van der Waals surface area contributed by atoms with Crippen molar-refractivity contribution in [1.29, 1.82) is 0 Å². The molecule has 0 unspecified atom stereocenters. The van der Waals surface area contributed by atoms with E-state index in [1.807, 2.05) is 43.3 Å². The van der Waals surface area contributed by atoms with Gasteiger partial charge in [0.1, 0.15) is 11.5 Å². The van der Waals surface area contributed by atoms with Crippen LogP contribution in [0.15, 0.2) is 54.1 Å². The minimum atomic E-state index is -0.669. The van der Waals surface area contributed by atoms with Crippen LogP contribution in [0.1, 0.15) is 17.2 Å². The number of Topliss-reactive ketones (excluding diaryl/α,β-unsaturated/α-hetero) is 1. The number of aliphatic hydroxyl groups excluding tert-OH is 1. The Kier molecular flexibility index (Phi) is 7.19. The highest BCUT2D eigenvalue weighted by Crippen LogP contribution is 2.39. The number of rotatable bonds is 7. The van der Waals surface area contributed by atoms with Crippen LogP contribution in [0, 0.1) is 0 Å². The Morgan fingerprint density at radius 3 is 2.26 bits per heavy atom. The number of carbonyl (C=O) groups excluding carboxylic acids is 2. The van der Waals surface area contributed by atoms with Crippen molar-refractivity contribution in [2.45, 2.75) is 6.04 Å². The fourth-order valence-corrected chi connectivity index (χ4v) is 4.39. The molecule has 2 heterocycles. The zero-order valence-electron chi connectivity index (χ0n) is 19.9. The number of morpholine rings is 1. The van der Waals surface area contributed by atoms with Gasteiger partial charge in [-0.2, -0.15) is 0 Å². The van der Waals surface area contributed by atoms with Crippen LogP contribution in [0.25, 0.3) is 5.76 Å². The van der Waals surface area contributed by atoms with Crippen LogP contribution in [0.5, 0.6) is 5.75 Å². The van der Waals surface area contributed by atoms with E-state index in [2.05, 4.69) is 4.90 Å². The minimum Gasteiger partial charge on any atom is -0.507 e. The maximum absolute atomic E-state index is 13.2. The van der Waals surface area contributed by atoms with Crippen LogP contribution >= 0.6 is 0 Å². The first-order valence-electron chi connectivity index (χ1n) is 11.4. The summed E-state index contributed by atoms with van der Waals surface area (Å²) in [7, 11) is 5.46. The molecule has 2 aromatic carbocycles. The SMILES string of the molecule is COc1ccc(/C(O)=C2\C(=O)C(=O)N(CCN3CCOCC3)[C@@H]2c2ccc(N(C)C)cc2)cc1. The predicted molar refractivity (Wildman–Crippen MR) is 130 cm³/mol. The van der Waals surface area contributed by atoms with Gasteiger partial charge in [-0.1, -0.05) is 12.1 Å². The molecule has 1 amide bonds. The van der Waals surface area contributed by atoms with Gasteiger partial charge in [0.15, 0.2) is 0 Å². The van der Waals surface area contributed by atoms with Gasteiger partial charge >= 0.3 is 0 Å². The monoisotopic (exact) mass is 465 g/mol. The average molecular weight is 466 g/mol. The van der Waals surface area contributed by atoms with Crippen LogP contribution < -0.4 is 9.64 Å². The molecule has 34 heavy (non-hydrogen) atoms. The van der Waals surface area contributed by atoms with E-state index in [-0.39, 0.29) is 11.3 Å². The Bertz CT molecular complexity index is 1060. The maximum Gasteiger partial charge on any atom is 0.295 e. The van der Waals surface area contributed by atoms with Crippen LogP contribution in [0.3, 0.4) is 0 Å². The van der Waals surface area contributed by atoms with Crippen LogP contribution in [-0.2, 0) is 14.3 Å². The van der Waals surface area contributed by atoms with Gasteiger partial charge in [0.2, 0.25) is 0 Å². The van der Waals surface area contributed by atoms with E-state index < -0.39 is 17.7 Å². The Morgan fingerprint density at radius 1 is 1.03 bits per heavy atom. The zero-order chi connectivity index (χ0) is 24.2. The van der Waals surface area contributed by atoms with Crippen molar-refractivity contribution in [3.8, 4) is 5.75 Å². The number of hydrogen-bond acceptors (Lipinski definition) is 7. The number of benzene rings is 2. The van der Waals surface area contributed by atoms with Crippen molar-refractivity contribution in [2.75, 3.05) is 65.5 Å². The zero-order valence-corrected chi connectivity index (χ0v) is 19.9. The third kappa shape index (κ3) is 4.78. The lowest BCUT2D eigenvalue weighted by Crippen LogP contribution is -2.42. The highest BCUT2D eigenvalue weighted by Gasteiger charge is 2.46. The van der Waals surface area contributed by atoms with E-state index >= 15 is 0 Å². The molecule has 1 atom stereocenters. The molecule has 180 valence electrons. The third-order valence-electron chi connectivity index (χ3n) is 6.39. The Morgan fingerprint density at radius 2 is 1.68 bits per heavy atom. The highest BCUT2D eigenvalue weighted by molar-refractivity contribution is 6.46. The topological polar surface area (TPSA) is 82.5 Å². The summed E-state index contributed by atoms with van der Waals surface area (Å²) in [6.07, 6.45) is 0. The molecule has 2 saturated heterocycles. The van der Waals surface area contributed by atoms with E-state index in [0.29, 0.717) is 37.6 Å². The van der Waals surface area contributed by atoms with E-state index in [1.165, 1.54) is 0 Å². The number of ether oxygens (including phenoxy) is 2. The van der Waals surface area contributed by atoms with Gasteiger partial charge in [-0.25, -0.2) is 0 Å². The quantitative estimate of drug-likeness (QED) is 0.382. The molecular weight excluding hydrogens is 434 g/mol. The van der Waals surface area contributed by atoms with Gasteiger partial charge in [-0.15, -0.1) is 0 Å². The number of methoxy groups -OCH3 is 1. The maximum atomic E-state index is 13.2. The minimum absolute atomic E-state index is 0.106. The van der Waals surface area contributed by atoms with E-state index in [4.69, 9.17) is 9.47 Å². The fourth-order valence-electron chi connectivity index (χ4n) is 4.39. The largest absolute Gasteiger partial charge is 0.507 e. The Hall–Kier alpha value is -3.36. The lowest BCUT2D eigenvalue weighted by Gasteiger charge is -2.31. The molecule has 0 bridgehead atoms. The second kappa shape index (κ2) is 10.3. The molecular formula is C26H31N3O5. The average Bonchev–Trinajstić information content (AvgIpc) is 3.12. The summed E-state index contributed by atoms with van der Waals surface area (Å²) in [5.41, 5.74) is 2.35. The molecule has 2 fully saturated rings. The summed E-state index contributed by atoms with van der Waals surface area (Å²) in [6, 6.07) is 13.8. The third-order valence-corrected chi connectivity index (χ3v) is 6.39. The number of likely N-dealkylation sites (tertiary alicyclic amines) is 1. The normalized spacial score (nSPS) is 20.6. The molecule has 0 saturated carbocycles. The lowest BCUT2D eigenvalue weighted by atomic mass is 9.95. The van der Waals surface area contributed by atoms with E-state index in [1.54, 1.807) is 36.3 Å².